The van der Waals surface area contributed by atoms with E-state index in [2.05, 4.69) is 29.2 Å². The van der Waals surface area contributed by atoms with Crippen LogP contribution in [0.15, 0.2) is 54.7 Å². The molecule has 0 bridgehead atoms. The van der Waals surface area contributed by atoms with Crippen LogP contribution in [0, 0.1) is 0 Å². The maximum atomic E-state index is 5.46. The van der Waals surface area contributed by atoms with Gasteiger partial charge >= 0.3 is 0 Å². The van der Waals surface area contributed by atoms with Crippen molar-refractivity contribution in [1.82, 2.24) is 4.98 Å². The lowest BCUT2D eigenvalue weighted by Crippen LogP contribution is -1.93. The molecule has 3 nitrogen and oxygen atoms in total. The van der Waals surface area contributed by atoms with Gasteiger partial charge in [0.2, 0.25) is 6.79 Å². The first-order valence-corrected chi connectivity index (χ1v) is 6.61. The smallest absolute Gasteiger partial charge is 0.231 e. The summed E-state index contributed by atoms with van der Waals surface area (Å²) in [5.41, 5.74) is 2.32. The Balaban J connectivity index is 1.83. The average molecular weight is 263 g/mol. The van der Waals surface area contributed by atoms with Gasteiger partial charge in [-0.3, -0.25) is 4.98 Å². The first kappa shape index (κ1) is 11.3. The van der Waals surface area contributed by atoms with Crippen LogP contribution in [0.4, 0.5) is 0 Å². The summed E-state index contributed by atoms with van der Waals surface area (Å²) in [6, 6.07) is 16.4. The molecule has 98 valence electrons. The van der Waals surface area contributed by atoms with Gasteiger partial charge in [-0.25, -0.2) is 0 Å². The molecule has 1 aliphatic rings. The number of rotatable bonds is 2. The van der Waals surface area contributed by atoms with Crippen LogP contribution in [0.2, 0.25) is 0 Å². The van der Waals surface area contributed by atoms with Gasteiger partial charge in [0.1, 0.15) is 0 Å². The molecule has 0 N–H and O–H groups in total. The molecule has 4 rings (SSSR count). The van der Waals surface area contributed by atoms with E-state index < -0.39 is 0 Å². The molecule has 0 radical (unpaired) electrons. The molecule has 1 aliphatic heterocycles. The molecule has 0 unspecified atom stereocenters. The molecule has 2 aromatic carbocycles. The number of ether oxygens (including phenoxy) is 2. The van der Waals surface area contributed by atoms with Crippen molar-refractivity contribution in [3.63, 3.8) is 0 Å². The monoisotopic (exact) mass is 263 g/mol. The number of fused-ring (bicyclic) bond motifs is 2. The molecule has 0 saturated carbocycles. The van der Waals surface area contributed by atoms with Crippen LogP contribution in [0.25, 0.3) is 10.8 Å². The Morgan fingerprint density at radius 1 is 0.950 bits per heavy atom. The maximum absolute atomic E-state index is 5.46. The maximum Gasteiger partial charge on any atom is 0.231 e. The van der Waals surface area contributed by atoms with E-state index in [0.717, 1.165) is 34.4 Å². The number of hydrogen-bond acceptors (Lipinski definition) is 3. The minimum absolute atomic E-state index is 0.299. The van der Waals surface area contributed by atoms with Crippen LogP contribution >= 0.6 is 0 Å². The first-order chi connectivity index (χ1) is 9.90. The van der Waals surface area contributed by atoms with Crippen molar-refractivity contribution in [2.45, 2.75) is 6.42 Å². The topological polar surface area (TPSA) is 31.4 Å². The second kappa shape index (κ2) is 4.53. The van der Waals surface area contributed by atoms with Gasteiger partial charge in [-0.15, -0.1) is 0 Å². The molecule has 0 spiro atoms. The zero-order chi connectivity index (χ0) is 13.4. The van der Waals surface area contributed by atoms with Crippen molar-refractivity contribution >= 4 is 10.8 Å². The largest absolute Gasteiger partial charge is 0.454 e. The second-order valence-electron chi connectivity index (χ2n) is 4.85. The van der Waals surface area contributed by atoms with Crippen LogP contribution in [0.1, 0.15) is 11.3 Å². The van der Waals surface area contributed by atoms with Gasteiger partial charge in [-0.2, -0.15) is 0 Å². The van der Waals surface area contributed by atoms with Crippen molar-refractivity contribution in [3.05, 3.63) is 66.0 Å². The highest BCUT2D eigenvalue weighted by Crippen LogP contribution is 2.36. The molecule has 0 atom stereocenters. The summed E-state index contributed by atoms with van der Waals surface area (Å²) in [6.45, 7) is 0.299. The fraction of sp³-hybridized carbons (Fsp3) is 0.118. The zero-order valence-electron chi connectivity index (χ0n) is 10.9. The Bertz CT molecular complexity index is 769. The van der Waals surface area contributed by atoms with Gasteiger partial charge in [-0.1, -0.05) is 30.3 Å². The van der Waals surface area contributed by atoms with Crippen molar-refractivity contribution in [1.29, 1.82) is 0 Å². The summed E-state index contributed by atoms with van der Waals surface area (Å²) in [5.74, 6) is 1.62. The highest BCUT2D eigenvalue weighted by molar-refractivity contribution is 5.88. The first-order valence-electron chi connectivity index (χ1n) is 6.61. The van der Waals surface area contributed by atoms with Crippen LogP contribution in [0.3, 0.4) is 0 Å². The molecule has 2 heterocycles. The van der Waals surface area contributed by atoms with Crippen molar-refractivity contribution in [2.75, 3.05) is 6.79 Å². The molecule has 3 heteroatoms. The number of hydrogen-bond donors (Lipinski definition) is 0. The number of aromatic nitrogens is 1. The van der Waals surface area contributed by atoms with Crippen molar-refractivity contribution < 1.29 is 9.47 Å². The van der Waals surface area contributed by atoms with Crippen molar-refractivity contribution in [2.24, 2.45) is 0 Å². The summed E-state index contributed by atoms with van der Waals surface area (Å²) in [6.07, 6.45) is 2.67. The van der Waals surface area contributed by atoms with E-state index in [-0.39, 0.29) is 0 Å². The van der Waals surface area contributed by atoms with Gasteiger partial charge in [0.05, 0.1) is 5.69 Å². The van der Waals surface area contributed by atoms with E-state index in [1.165, 1.54) is 5.56 Å². The van der Waals surface area contributed by atoms with Crippen LogP contribution in [0.5, 0.6) is 11.5 Å². The van der Waals surface area contributed by atoms with Gasteiger partial charge in [0, 0.05) is 18.0 Å². The number of benzene rings is 2. The van der Waals surface area contributed by atoms with Gasteiger partial charge in [0.25, 0.3) is 0 Å². The predicted molar refractivity (Wildman–Crippen MR) is 77.1 cm³/mol. The summed E-state index contributed by atoms with van der Waals surface area (Å²) in [5, 5.41) is 2.26. The normalized spacial score (nSPS) is 12.8. The Kier molecular flexibility index (Phi) is 2.56. The molecular weight excluding hydrogens is 250 g/mol. The van der Waals surface area contributed by atoms with E-state index in [1.807, 2.05) is 30.5 Å². The minimum Gasteiger partial charge on any atom is -0.454 e. The molecule has 0 amide bonds. The number of nitrogens with zero attached hydrogens (tertiary/aromatic N) is 1. The third kappa shape index (κ3) is 1.88. The quantitative estimate of drug-likeness (QED) is 0.708. The SMILES string of the molecule is c1ccc(Cc2nccc3cc4c(cc23)OCO4)cc1. The van der Waals surface area contributed by atoms with E-state index in [0.29, 0.717) is 6.79 Å². The Morgan fingerprint density at radius 2 is 1.75 bits per heavy atom. The molecule has 0 aliphatic carbocycles. The third-order valence-corrected chi connectivity index (χ3v) is 3.55. The molecule has 0 fully saturated rings. The predicted octanol–water partition coefficient (Wildman–Crippen LogP) is 3.55. The Hall–Kier alpha value is -2.55. The van der Waals surface area contributed by atoms with Gasteiger partial charge in [-0.05, 0) is 29.1 Å². The molecule has 0 saturated heterocycles. The average Bonchev–Trinajstić information content (AvgIpc) is 2.94. The summed E-state index contributed by atoms with van der Waals surface area (Å²) in [4.78, 5) is 4.53. The zero-order valence-corrected chi connectivity index (χ0v) is 10.9. The van der Waals surface area contributed by atoms with Crippen LogP contribution in [-0.4, -0.2) is 11.8 Å². The second-order valence-corrected chi connectivity index (χ2v) is 4.85. The lowest BCUT2D eigenvalue weighted by Gasteiger charge is -2.07. The summed E-state index contributed by atoms with van der Waals surface area (Å²) in [7, 11) is 0. The van der Waals surface area contributed by atoms with Gasteiger partial charge in [0.15, 0.2) is 11.5 Å². The molecular formula is C17H13NO2. The molecule has 20 heavy (non-hydrogen) atoms. The Morgan fingerprint density at radius 3 is 2.60 bits per heavy atom. The standard InChI is InChI=1S/C17H13NO2/c1-2-4-12(5-3-1)8-15-14-10-17-16(19-11-20-17)9-13(14)6-7-18-15/h1-7,9-10H,8,11H2. The highest BCUT2D eigenvalue weighted by Gasteiger charge is 2.15. The highest BCUT2D eigenvalue weighted by atomic mass is 16.7. The van der Waals surface area contributed by atoms with E-state index in [4.69, 9.17) is 9.47 Å². The minimum atomic E-state index is 0.299. The fourth-order valence-electron chi connectivity index (χ4n) is 2.55. The number of pyridine rings is 1. The molecule has 3 aromatic rings. The van der Waals surface area contributed by atoms with Crippen LogP contribution < -0.4 is 9.47 Å². The van der Waals surface area contributed by atoms with E-state index >= 15 is 0 Å². The van der Waals surface area contributed by atoms with E-state index in [9.17, 15) is 0 Å². The third-order valence-electron chi connectivity index (χ3n) is 3.55. The van der Waals surface area contributed by atoms with Crippen LogP contribution in [-0.2, 0) is 6.42 Å². The summed E-state index contributed by atoms with van der Waals surface area (Å²) >= 11 is 0. The lowest BCUT2D eigenvalue weighted by atomic mass is 10.0. The summed E-state index contributed by atoms with van der Waals surface area (Å²) < 4.78 is 10.9. The van der Waals surface area contributed by atoms with Gasteiger partial charge < -0.3 is 9.47 Å². The lowest BCUT2D eigenvalue weighted by molar-refractivity contribution is 0.174. The van der Waals surface area contributed by atoms with E-state index in [1.54, 1.807) is 0 Å². The fourth-order valence-corrected chi connectivity index (χ4v) is 2.55. The van der Waals surface area contributed by atoms with Crippen molar-refractivity contribution in [3.8, 4) is 11.5 Å². The molecule has 1 aromatic heterocycles. The Labute approximate surface area is 116 Å².